The Bertz CT molecular complexity index is 1340. The highest BCUT2D eigenvalue weighted by Gasteiger charge is 2.14. The second kappa shape index (κ2) is 11.8. The second-order valence-electron chi connectivity index (χ2n) is 8.24. The number of allylic oxidation sites excluding steroid dienone is 1. The van der Waals surface area contributed by atoms with Gasteiger partial charge >= 0.3 is 0 Å². The standard InChI is InChI=1S/C31H28O5/c1-22-28(32)17-13-25(31(22)34-2)14-18-29(33)27-16-15-26(35-20-23-9-5-3-6-10-23)19-30(27)36-21-24-11-7-4-8-12-24/h3-19,32H,20-21H2,1-2H3/b18-14+. The van der Waals surface area contributed by atoms with Crippen molar-refractivity contribution < 1.29 is 24.1 Å². The van der Waals surface area contributed by atoms with Crippen LogP contribution in [0.4, 0.5) is 0 Å². The van der Waals surface area contributed by atoms with Gasteiger partial charge in [0, 0.05) is 17.2 Å². The molecule has 0 atom stereocenters. The fraction of sp³-hybridized carbons (Fsp3) is 0.129. The van der Waals surface area contributed by atoms with Crippen molar-refractivity contribution in [1.29, 1.82) is 0 Å². The van der Waals surface area contributed by atoms with Gasteiger partial charge in [-0.05, 0) is 54.5 Å². The van der Waals surface area contributed by atoms with Crippen LogP contribution >= 0.6 is 0 Å². The quantitative estimate of drug-likeness (QED) is 0.201. The molecule has 4 rings (SSSR count). The number of methoxy groups -OCH3 is 1. The monoisotopic (exact) mass is 480 g/mol. The molecule has 1 N–H and O–H groups in total. The van der Waals surface area contributed by atoms with Crippen molar-refractivity contribution in [2.75, 3.05) is 7.11 Å². The van der Waals surface area contributed by atoms with Crippen molar-refractivity contribution in [2.45, 2.75) is 20.1 Å². The van der Waals surface area contributed by atoms with E-state index >= 15 is 0 Å². The maximum absolute atomic E-state index is 13.2. The van der Waals surface area contributed by atoms with Gasteiger partial charge in [-0.25, -0.2) is 0 Å². The molecule has 4 aromatic carbocycles. The number of hydrogen-bond donors (Lipinski definition) is 1. The Labute approximate surface area is 211 Å². The van der Waals surface area contributed by atoms with E-state index in [1.165, 1.54) is 13.2 Å². The topological polar surface area (TPSA) is 65.0 Å². The third-order valence-corrected chi connectivity index (χ3v) is 5.73. The summed E-state index contributed by atoms with van der Waals surface area (Å²) in [5, 5.41) is 9.94. The zero-order valence-electron chi connectivity index (χ0n) is 20.3. The summed E-state index contributed by atoms with van der Waals surface area (Å²) in [6.07, 6.45) is 3.15. The Hall–Kier alpha value is -4.51. The number of ether oxygens (including phenoxy) is 3. The van der Waals surface area contributed by atoms with E-state index in [1.54, 1.807) is 43.3 Å². The van der Waals surface area contributed by atoms with Gasteiger partial charge in [0.15, 0.2) is 5.78 Å². The van der Waals surface area contributed by atoms with Gasteiger partial charge in [-0.3, -0.25) is 4.79 Å². The molecular formula is C31H28O5. The molecule has 5 nitrogen and oxygen atoms in total. The third-order valence-electron chi connectivity index (χ3n) is 5.73. The van der Waals surface area contributed by atoms with Crippen LogP contribution in [0.15, 0.2) is 97.1 Å². The lowest BCUT2D eigenvalue weighted by Crippen LogP contribution is -2.04. The summed E-state index contributed by atoms with van der Waals surface area (Å²) >= 11 is 0. The van der Waals surface area contributed by atoms with E-state index in [0.29, 0.717) is 47.2 Å². The minimum atomic E-state index is -0.222. The fourth-order valence-corrected chi connectivity index (χ4v) is 3.75. The Morgan fingerprint density at radius 1 is 0.833 bits per heavy atom. The molecule has 0 saturated carbocycles. The fourth-order valence-electron chi connectivity index (χ4n) is 3.75. The number of aromatic hydroxyl groups is 1. The summed E-state index contributed by atoms with van der Waals surface area (Å²) in [5.74, 6) is 1.48. The van der Waals surface area contributed by atoms with Crippen LogP contribution in [0, 0.1) is 6.92 Å². The van der Waals surface area contributed by atoms with Gasteiger partial charge in [0.05, 0.1) is 12.7 Å². The highest BCUT2D eigenvalue weighted by atomic mass is 16.5. The summed E-state index contributed by atoms with van der Waals surface area (Å²) in [6, 6.07) is 28.2. The molecule has 0 unspecified atom stereocenters. The number of phenols is 1. The minimum Gasteiger partial charge on any atom is -0.508 e. The molecule has 0 saturated heterocycles. The normalized spacial score (nSPS) is 10.8. The van der Waals surface area contributed by atoms with Crippen LogP contribution in [0.2, 0.25) is 0 Å². The highest BCUT2D eigenvalue weighted by molar-refractivity contribution is 6.09. The predicted molar refractivity (Wildman–Crippen MR) is 141 cm³/mol. The Kier molecular flexibility index (Phi) is 8.04. The third kappa shape index (κ3) is 6.13. The van der Waals surface area contributed by atoms with Crippen LogP contribution in [0.3, 0.4) is 0 Å². The van der Waals surface area contributed by atoms with Crippen LogP contribution in [-0.2, 0) is 13.2 Å². The number of ketones is 1. The number of carbonyl (C=O) groups is 1. The van der Waals surface area contributed by atoms with Gasteiger partial charge in [-0.15, -0.1) is 0 Å². The maximum atomic E-state index is 13.2. The summed E-state index contributed by atoms with van der Waals surface area (Å²) in [6.45, 7) is 2.49. The molecule has 36 heavy (non-hydrogen) atoms. The lowest BCUT2D eigenvalue weighted by atomic mass is 10.0. The number of carbonyl (C=O) groups excluding carboxylic acids is 1. The first kappa shape index (κ1) is 24.6. The minimum absolute atomic E-state index is 0.137. The van der Waals surface area contributed by atoms with Crippen molar-refractivity contribution in [3.05, 3.63) is 125 Å². The maximum Gasteiger partial charge on any atom is 0.189 e. The van der Waals surface area contributed by atoms with Gasteiger partial charge in [-0.2, -0.15) is 0 Å². The van der Waals surface area contributed by atoms with Gasteiger partial charge < -0.3 is 19.3 Å². The molecule has 4 aromatic rings. The molecule has 0 heterocycles. The van der Waals surface area contributed by atoms with Crippen molar-refractivity contribution in [3.8, 4) is 23.0 Å². The van der Waals surface area contributed by atoms with E-state index in [-0.39, 0.29) is 11.5 Å². The summed E-state index contributed by atoms with van der Waals surface area (Å²) in [4.78, 5) is 13.2. The van der Waals surface area contributed by atoms with E-state index in [4.69, 9.17) is 14.2 Å². The first-order chi connectivity index (χ1) is 17.5. The molecule has 0 aliphatic carbocycles. The molecule has 5 heteroatoms. The van der Waals surface area contributed by atoms with E-state index in [1.807, 2.05) is 60.7 Å². The summed E-state index contributed by atoms with van der Waals surface area (Å²) in [5.41, 5.74) is 3.76. The van der Waals surface area contributed by atoms with Crippen molar-refractivity contribution in [3.63, 3.8) is 0 Å². The Morgan fingerprint density at radius 3 is 2.11 bits per heavy atom. The van der Waals surface area contributed by atoms with Gasteiger partial charge in [0.2, 0.25) is 0 Å². The average molecular weight is 481 g/mol. The van der Waals surface area contributed by atoms with E-state index in [9.17, 15) is 9.90 Å². The molecule has 0 fully saturated rings. The number of rotatable bonds is 10. The zero-order chi connectivity index (χ0) is 25.3. The summed E-state index contributed by atoms with van der Waals surface area (Å²) in [7, 11) is 1.53. The van der Waals surface area contributed by atoms with Gasteiger partial charge in [0.1, 0.15) is 36.2 Å². The molecule has 0 aliphatic rings. The molecule has 0 aromatic heterocycles. The number of benzene rings is 4. The van der Waals surface area contributed by atoms with E-state index < -0.39 is 0 Å². The first-order valence-corrected chi connectivity index (χ1v) is 11.6. The van der Waals surface area contributed by atoms with Crippen molar-refractivity contribution >= 4 is 11.9 Å². The van der Waals surface area contributed by atoms with Crippen molar-refractivity contribution in [2.24, 2.45) is 0 Å². The summed E-state index contributed by atoms with van der Waals surface area (Å²) < 4.78 is 17.5. The zero-order valence-corrected chi connectivity index (χ0v) is 20.3. The molecule has 0 bridgehead atoms. The SMILES string of the molecule is COc1c(/C=C/C(=O)c2ccc(OCc3ccccc3)cc2OCc2ccccc2)ccc(O)c1C. The van der Waals surface area contributed by atoms with E-state index in [0.717, 1.165) is 11.1 Å². The van der Waals surface area contributed by atoms with Crippen LogP contribution < -0.4 is 14.2 Å². The van der Waals surface area contributed by atoms with Crippen LogP contribution in [0.5, 0.6) is 23.0 Å². The second-order valence-corrected chi connectivity index (χ2v) is 8.24. The molecule has 0 radical (unpaired) electrons. The van der Waals surface area contributed by atoms with E-state index in [2.05, 4.69) is 0 Å². The molecular weight excluding hydrogens is 452 g/mol. The first-order valence-electron chi connectivity index (χ1n) is 11.6. The largest absolute Gasteiger partial charge is 0.508 e. The van der Waals surface area contributed by atoms with Crippen LogP contribution in [-0.4, -0.2) is 18.0 Å². The predicted octanol–water partition coefficient (Wildman–Crippen LogP) is 6.76. The number of phenolic OH excluding ortho intramolecular Hbond substituents is 1. The average Bonchev–Trinajstić information content (AvgIpc) is 2.92. The molecule has 0 amide bonds. The molecule has 0 aliphatic heterocycles. The Morgan fingerprint density at radius 2 is 1.47 bits per heavy atom. The highest BCUT2D eigenvalue weighted by Crippen LogP contribution is 2.32. The van der Waals surface area contributed by atoms with Gasteiger partial charge in [0.25, 0.3) is 0 Å². The Balaban J connectivity index is 1.58. The van der Waals surface area contributed by atoms with Crippen LogP contribution in [0.25, 0.3) is 6.08 Å². The van der Waals surface area contributed by atoms with Gasteiger partial charge in [-0.1, -0.05) is 60.7 Å². The molecule has 0 spiro atoms. The molecule has 182 valence electrons. The van der Waals surface area contributed by atoms with Crippen molar-refractivity contribution in [1.82, 2.24) is 0 Å². The van der Waals surface area contributed by atoms with Crippen LogP contribution in [0.1, 0.15) is 32.6 Å². The smallest absolute Gasteiger partial charge is 0.189 e. The lowest BCUT2D eigenvalue weighted by molar-refractivity contribution is 0.104. The lowest BCUT2D eigenvalue weighted by Gasteiger charge is -2.13. The number of hydrogen-bond acceptors (Lipinski definition) is 5.